The SMILES string of the molecule is CC(C)C1CN(C(=O)C2CCNCC2)CCS1. The number of hydrogen-bond acceptors (Lipinski definition) is 3. The molecule has 0 bridgehead atoms. The van der Waals surface area contributed by atoms with Crippen molar-refractivity contribution in [2.24, 2.45) is 11.8 Å². The lowest BCUT2D eigenvalue weighted by Crippen LogP contribution is -2.47. The third-order valence-corrected chi connectivity index (χ3v) is 5.38. The standard InChI is InChI=1S/C13H24N2OS/c1-10(2)12-9-15(7-8-17-12)13(16)11-3-5-14-6-4-11/h10-12,14H,3-9H2,1-2H3. The van der Waals surface area contributed by atoms with E-state index in [1.54, 1.807) is 0 Å². The van der Waals surface area contributed by atoms with Gasteiger partial charge in [-0.05, 0) is 31.8 Å². The number of thioether (sulfide) groups is 1. The van der Waals surface area contributed by atoms with Crippen LogP contribution < -0.4 is 5.32 Å². The number of amides is 1. The van der Waals surface area contributed by atoms with Gasteiger partial charge in [-0.1, -0.05) is 13.8 Å². The van der Waals surface area contributed by atoms with Crippen molar-refractivity contribution in [3.05, 3.63) is 0 Å². The molecular formula is C13H24N2OS. The van der Waals surface area contributed by atoms with Gasteiger partial charge in [0, 0.05) is 30.0 Å². The van der Waals surface area contributed by atoms with Gasteiger partial charge in [0.05, 0.1) is 0 Å². The molecule has 2 fully saturated rings. The predicted molar refractivity (Wildman–Crippen MR) is 73.3 cm³/mol. The summed E-state index contributed by atoms with van der Waals surface area (Å²) in [6.07, 6.45) is 2.05. The van der Waals surface area contributed by atoms with Crippen LogP contribution in [0.2, 0.25) is 0 Å². The fourth-order valence-corrected chi connectivity index (χ4v) is 3.90. The molecule has 1 atom stereocenters. The number of hydrogen-bond donors (Lipinski definition) is 1. The minimum absolute atomic E-state index is 0.284. The molecule has 2 heterocycles. The summed E-state index contributed by atoms with van der Waals surface area (Å²) in [4.78, 5) is 14.5. The molecule has 98 valence electrons. The van der Waals surface area contributed by atoms with Crippen LogP contribution in [-0.4, -0.2) is 48.0 Å². The van der Waals surface area contributed by atoms with Gasteiger partial charge in [-0.15, -0.1) is 0 Å². The normalized spacial score (nSPS) is 27.5. The van der Waals surface area contributed by atoms with Crippen LogP contribution in [0.5, 0.6) is 0 Å². The smallest absolute Gasteiger partial charge is 0.225 e. The minimum atomic E-state index is 0.284. The van der Waals surface area contributed by atoms with Crippen molar-refractivity contribution in [2.45, 2.75) is 31.9 Å². The maximum atomic E-state index is 12.4. The molecule has 0 saturated carbocycles. The number of nitrogens with zero attached hydrogens (tertiary/aromatic N) is 1. The highest BCUT2D eigenvalue weighted by molar-refractivity contribution is 8.00. The molecule has 0 aromatic carbocycles. The van der Waals surface area contributed by atoms with Crippen LogP contribution in [0.4, 0.5) is 0 Å². The van der Waals surface area contributed by atoms with E-state index in [2.05, 4.69) is 24.1 Å². The third kappa shape index (κ3) is 3.38. The number of carbonyl (C=O) groups excluding carboxylic acids is 1. The second-order valence-electron chi connectivity index (χ2n) is 5.46. The number of carbonyl (C=O) groups is 1. The summed E-state index contributed by atoms with van der Waals surface area (Å²) in [5.74, 6) is 2.48. The van der Waals surface area contributed by atoms with E-state index in [1.165, 1.54) is 0 Å². The first-order valence-electron chi connectivity index (χ1n) is 6.79. The molecule has 0 aliphatic carbocycles. The van der Waals surface area contributed by atoms with Gasteiger partial charge in [0.2, 0.25) is 5.91 Å². The van der Waals surface area contributed by atoms with Gasteiger partial charge in [0.15, 0.2) is 0 Å². The molecule has 0 aromatic rings. The molecule has 2 aliphatic rings. The zero-order chi connectivity index (χ0) is 12.3. The monoisotopic (exact) mass is 256 g/mol. The Morgan fingerprint density at radius 3 is 2.71 bits per heavy atom. The summed E-state index contributed by atoms with van der Waals surface area (Å²) >= 11 is 2.03. The van der Waals surface area contributed by atoms with Crippen LogP contribution >= 0.6 is 11.8 Å². The Kier molecular flexibility index (Phi) is 4.74. The Morgan fingerprint density at radius 1 is 1.35 bits per heavy atom. The van der Waals surface area contributed by atoms with Crippen LogP contribution in [0, 0.1) is 11.8 Å². The topological polar surface area (TPSA) is 32.3 Å². The summed E-state index contributed by atoms with van der Waals surface area (Å²) in [5, 5.41) is 3.96. The van der Waals surface area contributed by atoms with Gasteiger partial charge in [-0.25, -0.2) is 0 Å². The first-order valence-corrected chi connectivity index (χ1v) is 7.84. The largest absolute Gasteiger partial charge is 0.341 e. The maximum Gasteiger partial charge on any atom is 0.225 e. The van der Waals surface area contributed by atoms with Crippen molar-refractivity contribution < 1.29 is 4.79 Å². The molecule has 2 aliphatic heterocycles. The van der Waals surface area contributed by atoms with Crippen LogP contribution in [0.15, 0.2) is 0 Å². The fraction of sp³-hybridized carbons (Fsp3) is 0.923. The number of piperidine rings is 1. The molecule has 2 rings (SSSR count). The van der Waals surface area contributed by atoms with Crippen LogP contribution in [0.25, 0.3) is 0 Å². The van der Waals surface area contributed by atoms with Crippen molar-refractivity contribution in [3.63, 3.8) is 0 Å². The molecule has 0 spiro atoms. The van der Waals surface area contributed by atoms with Crippen molar-refractivity contribution in [1.29, 1.82) is 0 Å². The zero-order valence-corrected chi connectivity index (χ0v) is 11.8. The molecule has 0 radical (unpaired) electrons. The van der Waals surface area contributed by atoms with Crippen molar-refractivity contribution in [2.75, 3.05) is 31.9 Å². The average Bonchev–Trinajstić information content (AvgIpc) is 2.39. The number of nitrogens with one attached hydrogen (secondary N) is 1. The Morgan fingerprint density at radius 2 is 2.06 bits per heavy atom. The van der Waals surface area contributed by atoms with Crippen LogP contribution in [0.3, 0.4) is 0 Å². The van der Waals surface area contributed by atoms with E-state index in [-0.39, 0.29) is 5.92 Å². The highest BCUT2D eigenvalue weighted by Crippen LogP contribution is 2.26. The van der Waals surface area contributed by atoms with Crippen LogP contribution in [-0.2, 0) is 4.79 Å². The molecule has 0 aromatic heterocycles. The first-order chi connectivity index (χ1) is 8.18. The molecular weight excluding hydrogens is 232 g/mol. The van der Waals surface area contributed by atoms with Crippen molar-refractivity contribution in [1.82, 2.24) is 10.2 Å². The van der Waals surface area contributed by atoms with E-state index in [1.807, 2.05) is 11.8 Å². The molecule has 1 N–H and O–H groups in total. The summed E-state index contributed by atoms with van der Waals surface area (Å²) in [7, 11) is 0. The second kappa shape index (κ2) is 6.10. The van der Waals surface area contributed by atoms with Crippen molar-refractivity contribution >= 4 is 17.7 Å². The van der Waals surface area contributed by atoms with E-state index >= 15 is 0 Å². The van der Waals surface area contributed by atoms with Gasteiger partial charge in [0.1, 0.15) is 0 Å². The first kappa shape index (κ1) is 13.2. The third-order valence-electron chi connectivity index (χ3n) is 3.84. The predicted octanol–water partition coefficient (Wildman–Crippen LogP) is 1.59. The lowest BCUT2D eigenvalue weighted by molar-refractivity contribution is -0.136. The Labute approximate surface area is 109 Å². The fourth-order valence-electron chi connectivity index (χ4n) is 2.61. The zero-order valence-electron chi connectivity index (χ0n) is 10.9. The highest BCUT2D eigenvalue weighted by Gasteiger charge is 2.30. The quantitative estimate of drug-likeness (QED) is 0.814. The van der Waals surface area contributed by atoms with Gasteiger partial charge in [0.25, 0.3) is 0 Å². The van der Waals surface area contributed by atoms with Gasteiger partial charge in [-0.3, -0.25) is 4.79 Å². The molecule has 2 saturated heterocycles. The molecule has 17 heavy (non-hydrogen) atoms. The van der Waals surface area contributed by atoms with Gasteiger partial charge < -0.3 is 10.2 Å². The molecule has 1 amide bonds. The Hall–Kier alpha value is -0.220. The lowest BCUT2D eigenvalue weighted by Gasteiger charge is -2.37. The van der Waals surface area contributed by atoms with Crippen LogP contribution in [0.1, 0.15) is 26.7 Å². The van der Waals surface area contributed by atoms with E-state index in [9.17, 15) is 4.79 Å². The summed E-state index contributed by atoms with van der Waals surface area (Å²) in [5.41, 5.74) is 0. The maximum absolute atomic E-state index is 12.4. The molecule has 4 heteroatoms. The second-order valence-corrected chi connectivity index (χ2v) is 6.81. The highest BCUT2D eigenvalue weighted by atomic mass is 32.2. The Balaban J connectivity index is 1.89. The van der Waals surface area contributed by atoms with E-state index in [0.29, 0.717) is 17.1 Å². The van der Waals surface area contributed by atoms with E-state index in [4.69, 9.17) is 0 Å². The Bertz CT molecular complexity index is 264. The molecule has 1 unspecified atom stereocenters. The van der Waals surface area contributed by atoms with Crippen molar-refractivity contribution in [3.8, 4) is 0 Å². The van der Waals surface area contributed by atoms with E-state index in [0.717, 1.165) is 44.8 Å². The van der Waals surface area contributed by atoms with E-state index < -0.39 is 0 Å². The minimum Gasteiger partial charge on any atom is -0.341 e. The lowest BCUT2D eigenvalue weighted by atomic mass is 9.96. The summed E-state index contributed by atoms with van der Waals surface area (Å²) in [6, 6.07) is 0. The van der Waals surface area contributed by atoms with Gasteiger partial charge >= 0.3 is 0 Å². The average molecular weight is 256 g/mol. The summed E-state index contributed by atoms with van der Waals surface area (Å²) < 4.78 is 0. The van der Waals surface area contributed by atoms with Gasteiger partial charge in [-0.2, -0.15) is 11.8 Å². The summed E-state index contributed by atoms with van der Waals surface area (Å²) in [6.45, 7) is 8.45. The number of rotatable bonds is 2. The molecule has 3 nitrogen and oxygen atoms in total.